The van der Waals surface area contributed by atoms with E-state index in [-0.39, 0.29) is 18.9 Å². The molecule has 2 rings (SSSR count). The Morgan fingerprint density at radius 1 is 1.06 bits per heavy atom. The SMILES string of the molecule is CCOc1ccc(N(CCC#N)C(=O)COC(=O)[C@@H](NC(=O)c2ccc(C)cc2)C(C)C)cc1. The molecule has 8 heteroatoms. The van der Waals surface area contributed by atoms with Crippen molar-refractivity contribution < 1.29 is 23.9 Å². The van der Waals surface area contributed by atoms with Crippen molar-refractivity contribution in [1.29, 1.82) is 5.26 Å². The van der Waals surface area contributed by atoms with Crippen LogP contribution >= 0.6 is 0 Å². The monoisotopic (exact) mass is 465 g/mol. The zero-order chi connectivity index (χ0) is 25.1. The first-order valence-electron chi connectivity index (χ1n) is 11.2. The van der Waals surface area contributed by atoms with Crippen LogP contribution in [-0.4, -0.2) is 43.6 Å². The number of carbonyl (C=O) groups excluding carboxylic acids is 3. The topological polar surface area (TPSA) is 109 Å². The van der Waals surface area contributed by atoms with Gasteiger partial charge >= 0.3 is 5.97 Å². The van der Waals surface area contributed by atoms with Crippen molar-refractivity contribution in [3.8, 4) is 11.8 Å². The zero-order valence-electron chi connectivity index (χ0n) is 20.0. The number of rotatable bonds is 11. The predicted molar refractivity (Wildman–Crippen MR) is 128 cm³/mol. The first-order valence-corrected chi connectivity index (χ1v) is 11.2. The van der Waals surface area contributed by atoms with Gasteiger partial charge in [0.25, 0.3) is 11.8 Å². The molecule has 0 saturated heterocycles. The summed E-state index contributed by atoms with van der Waals surface area (Å²) in [5.41, 5.74) is 2.01. The van der Waals surface area contributed by atoms with Crippen LogP contribution in [0.1, 0.15) is 43.1 Å². The van der Waals surface area contributed by atoms with E-state index in [4.69, 9.17) is 14.7 Å². The van der Waals surface area contributed by atoms with Crippen LogP contribution < -0.4 is 15.0 Å². The minimum atomic E-state index is -0.917. The normalized spacial score (nSPS) is 11.3. The average molecular weight is 466 g/mol. The molecular weight excluding hydrogens is 434 g/mol. The lowest BCUT2D eigenvalue weighted by molar-refractivity contribution is -0.150. The molecule has 0 aromatic heterocycles. The summed E-state index contributed by atoms with van der Waals surface area (Å²) in [6.07, 6.45) is 0.119. The summed E-state index contributed by atoms with van der Waals surface area (Å²) in [5.74, 6) is -1.16. The van der Waals surface area contributed by atoms with Crippen LogP contribution in [0.2, 0.25) is 0 Å². The molecule has 0 fully saturated rings. The van der Waals surface area contributed by atoms with Crippen LogP contribution in [0, 0.1) is 24.2 Å². The number of amides is 2. The second kappa shape index (κ2) is 13.0. The maximum Gasteiger partial charge on any atom is 0.329 e. The van der Waals surface area contributed by atoms with Crippen molar-refractivity contribution in [2.45, 2.75) is 40.2 Å². The van der Waals surface area contributed by atoms with E-state index in [1.165, 1.54) is 4.90 Å². The highest BCUT2D eigenvalue weighted by Crippen LogP contribution is 2.20. The van der Waals surface area contributed by atoms with Gasteiger partial charge in [-0.2, -0.15) is 5.26 Å². The lowest BCUT2D eigenvalue weighted by atomic mass is 10.0. The highest BCUT2D eigenvalue weighted by atomic mass is 16.5. The van der Waals surface area contributed by atoms with E-state index in [1.54, 1.807) is 50.2 Å². The van der Waals surface area contributed by atoms with E-state index in [0.717, 1.165) is 5.56 Å². The van der Waals surface area contributed by atoms with Gasteiger partial charge in [-0.25, -0.2) is 4.79 Å². The largest absolute Gasteiger partial charge is 0.494 e. The van der Waals surface area contributed by atoms with Crippen LogP contribution in [0.5, 0.6) is 5.75 Å². The highest BCUT2D eigenvalue weighted by Gasteiger charge is 2.27. The van der Waals surface area contributed by atoms with Gasteiger partial charge in [0.1, 0.15) is 11.8 Å². The summed E-state index contributed by atoms with van der Waals surface area (Å²) < 4.78 is 10.7. The molecular formula is C26H31N3O5. The van der Waals surface area contributed by atoms with Gasteiger partial charge in [0.2, 0.25) is 0 Å². The number of aryl methyl sites for hydroxylation is 1. The van der Waals surface area contributed by atoms with Crippen molar-refractivity contribution in [1.82, 2.24) is 5.32 Å². The van der Waals surface area contributed by atoms with E-state index in [1.807, 2.05) is 32.0 Å². The molecule has 2 aromatic rings. The maximum absolute atomic E-state index is 12.9. The number of hydrogen-bond acceptors (Lipinski definition) is 6. The van der Waals surface area contributed by atoms with Gasteiger partial charge in [-0.15, -0.1) is 0 Å². The Morgan fingerprint density at radius 2 is 1.71 bits per heavy atom. The molecule has 0 aliphatic rings. The molecule has 0 spiro atoms. The molecule has 1 atom stereocenters. The van der Waals surface area contributed by atoms with Gasteiger partial charge in [0.05, 0.1) is 19.1 Å². The van der Waals surface area contributed by atoms with Crippen LogP contribution in [-0.2, 0) is 14.3 Å². The first kappa shape index (κ1) is 26.4. The van der Waals surface area contributed by atoms with Crippen molar-refractivity contribution in [3.63, 3.8) is 0 Å². The lowest BCUT2D eigenvalue weighted by Gasteiger charge is -2.24. The van der Waals surface area contributed by atoms with Crippen LogP contribution in [0.25, 0.3) is 0 Å². The molecule has 0 heterocycles. The number of ether oxygens (including phenoxy) is 2. The fraction of sp³-hybridized carbons (Fsp3) is 0.385. The number of nitriles is 1. The molecule has 0 unspecified atom stereocenters. The van der Waals surface area contributed by atoms with Gasteiger partial charge in [-0.3, -0.25) is 9.59 Å². The van der Waals surface area contributed by atoms with Crippen molar-refractivity contribution in [2.24, 2.45) is 5.92 Å². The molecule has 0 aliphatic heterocycles. The summed E-state index contributed by atoms with van der Waals surface area (Å²) in [6, 6.07) is 15.0. The Morgan fingerprint density at radius 3 is 2.26 bits per heavy atom. The van der Waals surface area contributed by atoms with Gasteiger partial charge in [0, 0.05) is 17.8 Å². The fourth-order valence-corrected chi connectivity index (χ4v) is 3.18. The Bertz CT molecular complexity index is 1010. The molecule has 2 amide bonds. The number of hydrogen-bond donors (Lipinski definition) is 1. The Balaban J connectivity index is 2.05. The number of esters is 1. The number of nitrogens with zero attached hydrogens (tertiary/aromatic N) is 2. The molecule has 8 nitrogen and oxygen atoms in total. The summed E-state index contributed by atoms with van der Waals surface area (Å²) >= 11 is 0. The van der Waals surface area contributed by atoms with Gasteiger partial charge in [-0.05, 0) is 56.2 Å². The third-order valence-corrected chi connectivity index (χ3v) is 5.07. The van der Waals surface area contributed by atoms with Crippen molar-refractivity contribution in [3.05, 3.63) is 59.7 Å². The number of benzene rings is 2. The van der Waals surface area contributed by atoms with Gasteiger partial charge in [-0.1, -0.05) is 31.5 Å². The van der Waals surface area contributed by atoms with Crippen molar-refractivity contribution in [2.75, 3.05) is 24.7 Å². The molecule has 1 N–H and O–H groups in total. The van der Waals surface area contributed by atoms with E-state index < -0.39 is 30.4 Å². The number of nitrogens with one attached hydrogen (secondary N) is 1. The molecule has 0 bridgehead atoms. The summed E-state index contributed by atoms with van der Waals surface area (Å²) in [7, 11) is 0. The second-order valence-corrected chi connectivity index (χ2v) is 8.05. The van der Waals surface area contributed by atoms with Crippen LogP contribution in [0.3, 0.4) is 0 Å². The minimum Gasteiger partial charge on any atom is -0.494 e. The summed E-state index contributed by atoms with van der Waals surface area (Å²) in [5, 5.41) is 11.7. The molecule has 2 aromatic carbocycles. The second-order valence-electron chi connectivity index (χ2n) is 8.05. The number of anilines is 1. The van der Waals surface area contributed by atoms with E-state index >= 15 is 0 Å². The minimum absolute atomic E-state index is 0.119. The molecule has 0 radical (unpaired) electrons. The Kier molecular flexibility index (Phi) is 10.1. The average Bonchev–Trinajstić information content (AvgIpc) is 2.82. The highest BCUT2D eigenvalue weighted by molar-refractivity contribution is 5.98. The quantitative estimate of drug-likeness (QED) is 0.508. The zero-order valence-corrected chi connectivity index (χ0v) is 20.0. The maximum atomic E-state index is 12.9. The molecule has 0 aliphatic carbocycles. The molecule has 34 heavy (non-hydrogen) atoms. The van der Waals surface area contributed by atoms with Crippen LogP contribution in [0.4, 0.5) is 5.69 Å². The van der Waals surface area contributed by atoms with Gasteiger partial charge < -0.3 is 19.7 Å². The van der Waals surface area contributed by atoms with E-state index in [0.29, 0.717) is 23.6 Å². The predicted octanol–water partition coefficient (Wildman–Crippen LogP) is 3.64. The number of carbonyl (C=O) groups is 3. The Labute approximate surface area is 200 Å². The Hall–Kier alpha value is -3.86. The van der Waals surface area contributed by atoms with E-state index in [9.17, 15) is 14.4 Å². The fourth-order valence-electron chi connectivity index (χ4n) is 3.18. The summed E-state index contributed by atoms with van der Waals surface area (Å²) in [6.45, 7) is 7.51. The lowest BCUT2D eigenvalue weighted by Crippen LogP contribution is -2.46. The van der Waals surface area contributed by atoms with E-state index in [2.05, 4.69) is 5.32 Å². The van der Waals surface area contributed by atoms with Crippen LogP contribution in [0.15, 0.2) is 48.5 Å². The summed E-state index contributed by atoms with van der Waals surface area (Å²) in [4.78, 5) is 39.5. The third-order valence-electron chi connectivity index (χ3n) is 5.07. The third kappa shape index (κ3) is 7.62. The molecule has 0 saturated carbocycles. The standard InChI is InChI=1S/C26H31N3O5/c1-5-33-22-13-11-21(12-14-22)29(16-6-15-27)23(30)17-34-26(32)24(18(2)3)28-25(31)20-9-7-19(4)8-10-20/h7-14,18,24H,5-6,16-17H2,1-4H3,(H,28,31)/t24-/m0/s1. The van der Waals surface area contributed by atoms with Crippen molar-refractivity contribution >= 4 is 23.5 Å². The molecule has 180 valence electrons. The van der Waals surface area contributed by atoms with Gasteiger partial charge in [0.15, 0.2) is 6.61 Å². The smallest absolute Gasteiger partial charge is 0.329 e. The first-order chi connectivity index (χ1) is 16.3.